The summed E-state index contributed by atoms with van der Waals surface area (Å²) in [6.07, 6.45) is 3.71. The van der Waals surface area contributed by atoms with E-state index in [0.717, 1.165) is 55.9 Å². The first-order chi connectivity index (χ1) is 30.7. The van der Waals surface area contributed by atoms with E-state index in [1.807, 2.05) is 91.1 Å². The SMILES string of the molecule is c1ccc(-c2nc(-c3ccc4c(c3)C3c5ccccc5C4c4cc(-c5nc(-c6ccccc6)nc(-c6ccccc6)n5)ccc43)cc(-c3ccccc3-c3cccnc3)n2)cc1. The number of aromatic nitrogens is 6. The van der Waals surface area contributed by atoms with E-state index in [9.17, 15) is 0 Å². The fourth-order valence-electron chi connectivity index (χ4n) is 9.38. The van der Waals surface area contributed by atoms with Gasteiger partial charge in [-0.05, 0) is 63.2 Å². The van der Waals surface area contributed by atoms with Gasteiger partial charge in [-0.1, -0.05) is 170 Å². The first-order valence-electron chi connectivity index (χ1n) is 20.9. The second kappa shape index (κ2) is 14.8. The van der Waals surface area contributed by atoms with E-state index >= 15 is 0 Å². The highest BCUT2D eigenvalue weighted by atomic mass is 15.0. The third-order valence-corrected chi connectivity index (χ3v) is 12.2. The molecule has 2 unspecified atom stereocenters. The van der Waals surface area contributed by atoms with Crippen LogP contribution >= 0.6 is 0 Å². The van der Waals surface area contributed by atoms with Crippen LogP contribution in [-0.2, 0) is 0 Å². The average Bonchev–Trinajstić information content (AvgIpc) is 3.36. The van der Waals surface area contributed by atoms with Crippen molar-refractivity contribution in [2.45, 2.75) is 11.8 Å². The molecule has 290 valence electrons. The topological polar surface area (TPSA) is 77.3 Å². The zero-order valence-electron chi connectivity index (χ0n) is 33.5. The van der Waals surface area contributed by atoms with Crippen molar-refractivity contribution in [2.24, 2.45) is 0 Å². The second-order valence-electron chi connectivity index (χ2n) is 15.8. The van der Waals surface area contributed by atoms with E-state index in [2.05, 4.69) is 114 Å². The van der Waals surface area contributed by atoms with Gasteiger partial charge in [0.05, 0.1) is 11.4 Å². The Morgan fingerprint density at radius 3 is 1.27 bits per heavy atom. The quantitative estimate of drug-likeness (QED) is 0.160. The van der Waals surface area contributed by atoms with Crippen molar-refractivity contribution < 1.29 is 0 Å². The van der Waals surface area contributed by atoms with Crippen LogP contribution in [0, 0.1) is 0 Å². The van der Waals surface area contributed by atoms with Gasteiger partial charge in [0.15, 0.2) is 23.3 Å². The maximum atomic E-state index is 5.26. The maximum Gasteiger partial charge on any atom is 0.164 e. The van der Waals surface area contributed by atoms with E-state index in [1.54, 1.807) is 6.20 Å². The predicted molar refractivity (Wildman–Crippen MR) is 246 cm³/mol. The number of benzene rings is 7. The molecule has 6 nitrogen and oxygen atoms in total. The van der Waals surface area contributed by atoms with Crippen LogP contribution in [0.15, 0.2) is 207 Å². The van der Waals surface area contributed by atoms with Gasteiger partial charge in [0, 0.05) is 63.2 Å². The average molecular weight is 793 g/mol. The lowest BCUT2D eigenvalue weighted by Gasteiger charge is -2.42. The van der Waals surface area contributed by atoms with Gasteiger partial charge in [-0.2, -0.15) is 0 Å². The normalized spacial score (nSPS) is 14.5. The van der Waals surface area contributed by atoms with Crippen molar-refractivity contribution in [3.05, 3.63) is 240 Å². The number of hydrogen-bond acceptors (Lipinski definition) is 6. The van der Waals surface area contributed by atoms with Gasteiger partial charge in [0.25, 0.3) is 0 Å². The highest BCUT2D eigenvalue weighted by Crippen LogP contribution is 2.56. The second-order valence-corrected chi connectivity index (χ2v) is 15.8. The summed E-state index contributed by atoms with van der Waals surface area (Å²) < 4.78 is 0. The standard InChI is InChI=1S/C56H36N6/c1-4-15-35(16-5-1)53-58-49(33-50(59-53)42-23-11-10-22-41(42)40-21-14-30-57-34-40)38-26-28-45-47(31-38)51-43-24-12-13-25-44(43)52(45)48-32-39(27-29-46(48)51)56-61-54(36-17-6-2-7-18-36)60-55(62-56)37-19-8-3-9-20-37/h1-34,51-52H. The Hall–Kier alpha value is -8.22. The molecule has 3 aliphatic carbocycles. The lowest BCUT2D eigenvalue weighted by molar-refractivity contribution is 0.754. The summed E-state index contributed by atoms with van der Waals surface area (Å²) in [6, 6.07) is 67.8. The summed E-state index contributed by atoms with van der Waals surface area (Å²) in [6.45, 7) is 0. The van der Waals surface area contributed by atoms with Crippen LogP contribution in [0.5, 0.6) is 0 Å². The van der Waals surface area contributed by atoms with E-state index in [1.165, 1.54) is 33.4 Å². The zero-order valence-corrected chi connectivity index (χ0v) is 33.5. The highest BCUT2D eigenvalue weighted by Gasteiger charge is 2.41. The molecule has 0 saturated carbocycles. The molecule has 3 aliphatic rings. The molecule has 0 radical (unpaired) electrons. The molecule has 62 heavy (non-hydrogen) atoms. The summed E-state index contributed by atoms with van der Waals surface area (Å²) in [5.74, 6) is 2.75. The van der Waals surface area contributed by atoms with Gasteiger partial charge in [0.2, 0.25) is 0 Å². The molecule has 0 N–H and O–H groups in total. The molecular weight excluding hydrogens is 757 g/mol. The largest absolute Gasteiger partial charge is 0.264 e. The molecule has 0 amide bonds. The molecule has 13 rings (SSSR count). The highest BCUT2D eigenvalue weighted by molar-refractivity contribution is 5.84. The van der Waals surface area contributed by atoms with Crippen LogP contribution in [0.1, 0.15) is 45.2 Å². The first-order valence-corrected chi connectivity index (χ1v) is 20.9. The monoisotopic (exact) mass is 792 g/mol. The maximum absolute atomic E-state index is 5.26. The summed E-state index contributed by atoms with van der Waals surface area (Å²) >= 11 is 0. The molecule has 10 aromatic rings. The van der Waals surface area contributed by atoms with E-state index in [-0.39, 0.29) is 11.8 Å². The van der Waals surface area contributed by atoms with E-state index in [0.29, 0.717) is 23.3 Å². The van der Waals surface area contributed by atoms with E-state index in [4.69, 9.17) is 24.9 Å². The Bertz CT molecular complexity index is 3240. The molecule has 3 heterocycles. The van der Waals surface area contributed by atoms with Crippen LogP contribution in [-0.4, -0.2) is 29.9 Å². The Labute approximate surface area is 359 Å². The fourth-order valence-corrected chi connectivity index (χ4v) is 9.38. The third kappa shape index (κ3) is 6.11. The van der Waals surface area contributed by atoms with Gasteiger partial charge in [-0.3, -0.25) is 4.98 Å². The number of rotatable bonds is 7. The fraction of sp³-hybridized carbons (Fsp3) is 0.0357. The third-order valence-electron chi connectivity index (χ3n) is 12.2. The van der Waals surface area contributed by atoms with Crippen molar-refractivity contribution in [3.63, 3.8) is 0 Å². The minimum atomic E-state index is 0.0476. The molecule has 6 heteroatoms. The van der Waals surface area contributed by atoms with Crippen LogP contribution in [0.25, 0.3) is 79.2 Å². The molecule has 0 fully saturated rings. The summed E-state index contributed by atoms with van der Waals surface area (Å²) in [5.41, 5.74) is 17.7. The summed E-state index contributed by atoms with van der Waals surface area (Å²) in [5, 5.41) is 0. The predicted octanol–water partition coefficient (Wildman–Crippen LogP) is 12.7. The lowest BCUT2D eigenvalue weighted by Crippen LogP contribution is -2.27. The van der Waals surface area contributed by atoms with Gasteiger partial charge in [-0.25, -0.2) is 24.9 Å². The van der Waals surface area contributed by atoms with Crippen LogP contribution < -0.4 is 0 Å². The number of hydrogen-bond donors (Lipinski definition) is 0. The molecule has 2 bridgehead atoms. The van der Waals surface area contributed by atoms with Crippen LogP contribution in [0.3, 0.4) is 0 Å². The Morgan fingerprint density at radius 1 is 0.274 bits per heavy atom. The van der Waals surface area contributed by atoms with Crippen molar-refractivity contribution in [3.8, 4) is 79.2 Å². The van der Waals surface area contributed by atoms with Crippen LogP contribution in [0.4, 0.5) is 0 Å². The molecule has 3 aromatic heterocycles. The molecule has 0 saturated heterocycles. The van der Waals surface area contributed by atoms with Gasteiger partial charge in [-0.15, -0.1) is 0 Å². The smallest absolute Gasteiger partial charge is 0.164 e. The van der Waals surface area contributed by atoms with E-state index < -0.39 is 0 Å². The number of pyridine rings is 1. The summed E-state index contributed by atoms with van der Waals surface area (Å²) in [4.78, 5) is 30.0. The van der Waals surface area contributed by atoms with Crippen molar-refractivity contribution in [1.82, 2.24) is 29.9 Å². The van der Waals surface area contributed by atoms with Crippen molar-refractivity contribution in [2.75, 3.05) is 0 Å². The Kier molecular flexibility index (Phi) is 8.52. The lowest BCUT2D eigenvalue weighted by atomic mass is 9.60. The molecule has 2 atom stereocenters. The Morgan fingerprint density at radius 2 is 0.710 bits per heavy atom. The van der Waals surface area contributed by atoms with Gasteiger partial charge >= 0.3 is 0 Å². The minimum absolute atomic E-state index is 0.0476. The van der Waals surface area contributed by atoms with Gasteiger partial charge < -0.3 is 0 Å². The van der Waals surface area contributed by atoms with Gasteiger partial charge in [0.1, 0.15) is 0 Å². The van der Waals surface area contributed by atoms with Crippen molar-refractivity contribution in [1.29, 1.82) is 0 Å². The summed E-state index contributed by atoms with van der Waals surface area (Å²) in [7, 11) is 0. The molecular formula is C56H36N6. The van der Waals surface area contributed by atoms with Crippen LogP contribution in [0.2, 0.25) is 0 Å². The molecule has 0 spiro atoms. The molecule has 7 aromatic carbocycles. The van der Waals surface area contributed by atoms with Crippen molar-refractivity contribution >= 4 is 0 Å². The first kappa shape index (κ1) is 35.7. The molecule has 0 aliphatic heterocycles. The minimum Gasteiger partial charge on any atom is -0.264 e. The Balaban J connectivity index is 0.993. The number of nitrogens with zero attached hydrogens (tertiary/aromatic N) is 6. The zero-order chi connectivity index (χ0) is 41.0.